The zero-order valence-electron chi connectivity index (χ0n) is 25.8. The number of aliphatic hydroxyl groups excluding tert-OH is 3. The molecule has 0 radical (unpaired) electrons. The van der Waals surface area contributed by atoms with Crippen LogP contribution in [0.2, 0.25) is 0 Å². The first-order chi connectivity index (χ1) is 23.9. The van der Waals surface area contributed by atoms with Crippen LogP contribution in [0.15, 0.2) is 30.0 Å². The van der Waals surface area contributed by atoms with Gasteiger partial charge in [-0.05, 0) is 30.2 Å². The minimum absolute atomic E-state index is 0.00700. The van der Waals surface area contributed by atoms with Crippen molar-refractivity contribution in [1.82, 2.24) is 33.6 Å². The number of fused-ring (bicyclic) bond motifs is 4. The average Bonchev–Trinajstić information content (AvgIpc) is 3.78. The first-order valence-corrected chi connectivity index (χ1v) is 20.8. The Kier molecular flexibility index (Phi) is 9.17. The fourth-order valence-corrected chi connectivity index (χ4v) is 9.58. The van der Waals surface area contributed by atoms with Crippen molar-refractivity contribution >= 4 is 65.6 Å². The van der Waals surface area contributed by atoms with Crippen molar-refractivity contribution in [1.29, 1.82) is 0 Å². The number of thiol groups is 1. The Bertz CT molecular complexity index is 2100. The third kappa shape index (κ3) is 6.13. The van der Waals surface area contributed by atoms with Gasteiger partial charge in [0.15, 0.2) is 23.6 Å². The summed E-state index contributed by atoms with van der Waals surface area (Å²) in [6.07, 6.45) is -3.40. The van der Waals surface area contributed by atoms with Gasteiger partial charge in [-0.1, -0.05) is 12.2 Å². The van der Waals surface area contributed by atoms with Crippen LogP contribution in [0.25, 0.3) is 22.2 Å². The molecule has 0 saturated carbocycles. The second-order valence-corrected chi connectivity index (χ2v) is 17.7. The van der Waals surface area contributed by atoms with Crippen molar-refractivity contribution in [3.8, 4) is 0 Å². The van der Waals surface area contributed by atoms with Gasteiger partial charge in [-0.25, -0.2) is 24.5 Å². The maximum absolute atomic E-state index is 13.7. The van der Waals surface area contributed by atoms with E-state index in [9.17, 15) is 29.6 Å². The first kappa shape index (κ1) is 34.7. The number of rotatable bonds is 4. The quantitative estimate of drug-likeness (QED) is 0.118. The molecule has 4 aromatic heterocycles. The molecule has 4 aliphatic heterocycles. The van der Waals surface area contributed by atoms with Crippen molar-refractivity contribution in [3.63, 3.8) is 0 Å². The Balaban J connectivity index is 1.10. The summed E-state index contributed by atoms with van der Waals surface area (Å²) in [5.41, 5.74) is 0.882. The molecule has 8 heterocycles. The standard InChI is InChI=1S/C26H32N8O12P2S2/c35-5-4-32-10-31-23-16(24(32)38)30-11-34(23)26-20-17(36)13(43-26)7-41-47(39,49)45-19-14(8-42-48(40,50)46-20)44-25(18(19)37)33-6-12-2-1-3-27-21-15(12)22(33)29-9-28-21/h6,9-11,13-14,17-20,25-26,35-37H,1-5,7-8H2,(H,39,49)(H,40,50)(H,27,28,29)/t13-,14-,17-,18-,19-,20-,25-,26-,47?,48?/m1/s1. The number of hydrogen-bond acceptors (Lipinski definition) is 17. The maximum Gasteiger partial charge on any atom is 0.386 e. The summed E-state index contributed by atoms with van der Waals surface area (Å²) in [5.74, 6) is 0.652. The van der Waals surface area contributed by atoms with Crippen LogP contribution >= 0.6 is 25.8 Å². The number of aryl methyl sites for hydroxylation is 1. The number of imidazole rings is 1. The third-order valence-corrected chi connectivity index (χ3v) is 12.2. The topological polar surface area (TPSA) is 249 Å². The van der Waals surface area contributed by atoms with Crippen molar-refractivity contribution in [3.05, 3.63) is 41.1 Å². The van der Waals surface area contributed by atoms with Crippen molar-refractivity contribution in [2.45, 2.75) is 68.5 Å². The normalized spacial score (nSPS) is 36.3. The van der Waals surface area contributed by atoms with E-state index in [1.807, 2.05) is 6.20 Å². The van der Waals surface area contributed by atoms with Gasteiger partial charge in [-0.3, -0.25) is 27.5 Å². The summed E-state index contributed by atoms with van der Waals surface area (Å²) >= 11 is 9.47. The van der Waals surface area contributed by atoms with Crippen molar-refractivity contribution < 1.29 is 52.3 Å². The van der Waals surface area contributed by atoms with E-state index in [1.165, 1.54) is 28.1 Å². The third-order valence-electron chi connectivity index (χ3n) is 8.98. The molecule has 3 saturated heterocycles. The number of ether oxygens (including phenoxy) is 2. The maximum atomic E-state index is 13.7. The van der Waals surface area contributed by atoms with E-state index in [4.69, 9.17) is 39.4 Å². The second kappa shape index (κ2) is 13.2. The number of anilines is 1. The second-order valence-electron chi connectivity index (χ2n) is 12.1. The molecule has 0 amide bonds. The number of nitrogens with zero attached hydrogens (tertiary/aromatic N) is 7. The van der Waals surface area contributed by atoms with Gasteiger partial charge in [0, 0.05) is 12.7 Å². The zero-order chi connectivity index (χ0) is 34.9. The lowest BCUT2D eigenvalue weighted by Gasteiger charge is -2.27. The van der Waals surface area contributed by atoms with Gasteiger partial charge in [-0.15, -0.1) is 0 Å². The fraction of sp³-hybridized carbons (Fsp3) is 0.577. The molecule has 4 aliphatic rings. The highest BCUT2D eigenvalue weighted by Crippen LogP contribution is 2.58. The van der Waals surface area contributed by atoms with E-state index in [1.54, 1.807) is 4.57 Å². The Morgan fingerprint density at radius 1 is 0.980 bits per heavy atom. The van der Waals surface area contributed by atoms with Gasteiger partial charge in [-0.2, -0.15) is 0 Å². The van der Waals surface area contributed by atoms with Gasteiger partial charge < -0.3 is 44.1 Å². The SMILES string of the molecule is O=c1c2ncn([C@@H]3O[C@@H]4COP(O)(=S)O[C@H]5[C@@H](O)[C@H](n6cc7c8c(ncnc86)NCCC7)O[C@@H]5COP(=O)(S)O[C@@H]3[C@@H]4O)c2ncn1CCO. The van der Waals surface area contributed by atoms with Crippen LogP contribution in [0.4, 0.5) is 5.82 Å². The van der Waals surface area contributed by atoms with Crippen LogP contribution in [0.1, 0.15) is 24.4 Å². The molecule has 2 unspecified atom stereocenters. The van der Waals surface area contributed by atoms with Crippen molar-refractivity contribution in [2.24, 2.45) is 0 Å². The fourth-order valence-electron chi connectivity index (χ4n) is 6.67. The van der Waals surface area contributed by atoms with E-state index in [0.717, 1.165) is 30.3 Å². The smallest absolute Gasteiger partial charge is 0.386 e. The van der Waals surface area contributed by atoms with Crippen LogP contribution in [0.3, 0.4) is 0 Å². The summed E-state index contributed by atoms with van der Waals surface area (Å²) in [6, 6.07) is 0. The molecule has 20 nitrogen and oxygen atoms in total. The number of hydrogen-bond donors (Lipinski definition) is 6. The number of aliphatic hydroxyl groups is 3. The largest absolute Gasteiger partial charge is 0.395 e. The average molecular weight is 775 g/mol. The van der Waals surface area contributed by atoms with Gasteiger partial charge in [0.25, 0.3) is 5.56 Å². The highest BCUT2D eigenvalue weighted by molar-refractivity contribution is 8.44. The predicted molar refractivity (Wildman–Crippen MR) is 178 cm³/mol. The molecule has 2 bridgehead atoms. The van der Waals surface area contributed by atoms with Crippen LogP contribution in [0.5, 0.6) is 0 Å². The summed E-state index contributed by atoms with van der Waals surface area (Å²) in [4.78, 5) is 41.3. The van der Waals surface area contributed by atoms with Gasteiger partial charge in [0.2, 0.25) is 0 Å². The molecular weight excluding hydrogens is 742 g/mol. The molecular formula is C26H32N8O12P2S2. The number of aromatic nitrogens is 7. The molecule has 5 N–H and O–H groups in total. The molecule has 0 aliphatic carbocycles. The molecule has 50 heavy (non-hydrogen) atoms. The van der Waals surface area contributed by atoms with Gasteiger partial charge >= 0.3 is 13.5 Å². The summed E-state index contributed by atoms with van der Waals surface area (Å²) in [6.45, 7) is -9.17. The lowest BCUT2D eigenvalue weighted by molar-refractivity contribution is -0.0587. The molecule has 0 spiro atoms. The lowest BCUT2D eigenvalue weighted by Crippen LogP contribution is -2.36. The Labute approximate surface area is 292 Å². The minimum Gasteiger partial charge on any atom is -0.395 e. The molecule has 3 fully saturated rings. The van der Waals surface area contributed by atoms with Crippen LogP contribution in [-0.4, -0.2) is 117 Å². The minimum atomic E-state index is -4.36. The molecule has 8 rings (SSSR count). The highest BCUT2D eigenvalue weighted by atomic mass is 32.7. The van der Waals surface area contributed by atoms with E-state index in [-0.39, 0.29) is 24.3 Å². The predicted octanol–water partition coefficient (Wildman–Crippen LogP) is -0.0232. The van der Waals surface area contributed by atoms with Gasteiger partial charge in [0.1, 0.15) is 60.7 Å². The molecule has 0 aromatic carbocycles. The monoisotopic (exact) mass is 774 g/mol. The van der Waals surface area contributed by atoms with E-state index >= 15 is 0 Å². The number of nitrogens with one attached hydrogen (secondary N) is 1. The summed E-state index contributed by atoms with van der Waals surface area (Å²) in [5, 5.41) is 36.2. The molecule has 4 aromatic rings. The Hall–Kier alpha value is -2.40. The zero-order valence-corrected chi connectivity index (χ0v) is 29.3. The highest BCUT2D eigenvalue weighted by Gasteiger charge is 2.53. The molecule has 10 atom stereocenters. The van der Waals surface area contributed by atoms with E-state index in [0.29, 0.717) is 11.5 Å². The molecule has 270 valence electrons. The summed E-state index contributed by atoms with van der Waals surface area (Å²) in [7, 11) is 0. The lowest BCUT2D eigenvalue weighted by atomic mass is 10.1. The Morgan fingerprint density at radius 2 is 1.78 bits per heavy atom. The Morgan fingerprint density at radius 3 is 2.60 bits per heavy atom. The van der Waals surface area contributed by atoms with Crippen LogP contribution < -0.4 is 10.9 Å². The molecule has 24 heteroatoms. The van der Waals surface area contributed by atoms with Crippen molar-refractivity contribution in [2.75, 3.05) is 31.7 Å². The first-order valence-electron chi connectivity index (χ1n) is 15.5. The van der Waals surface area contributed by atoms with E-state index in [2.05, 4.69) is 37.5 Å². The van der Waals surface area contributed by atoms with Crippen LogP contribution in [-0.2, 0) is 56.9 Å². The summed E-state index contributed by atoms with van der Waals surface area (Å²) < 4.78 is 53.0. The van der Waals surface area contributed by atoms with Crippen LogP contribution in [0, 0.1) is 0 Å². The van der Waals surface area contributed by atoms with E-state index < -0.39 is 81.4 Å². The van der Waals surface area contributed by atoms with Gasteiger partial charge in [0.05, 0.1) is 38.1 Å².